The van der Waals surface area contributed by atoms with Crippen LogP contribution in [0.5, 0.6) is 0 Å². The highest BCUT2D eigenvalue weighted by Crippen LogP contribution is 2.49. The summed E-state index contributed by atoms with van der Waals surface area (Å²) in [5.74, 6) is -0.457. The number of ether oxygens (including phenoxy) is 1. The van der Waals surface area contributed by atoms with Gasteiger partial charge in [0.1, 0.15) is 11.9 Å². The molecule has 140 valence electrons. The van der Waals surface area contributed by atoms with Crippen LogP contribution in [0.4, 0.5) is 0 Å². The molecule has 0 aromatic heterocycles. The number of aliphatic hydroxyl groups is 1. The lowest BCUT2D eigenvalue weighted by Crippen LogP contribution is -2.43. The third-order valence-corrected chi connectivity index (χ3v) is 6.26. The van der Waals surface area contributed by atoms with Gasteiger partial charge in [-0.15, -0.1) is 0 Å². The highest BCUT2D eigenvalue weighted by molar-refractivity contribution is 6.02. The number of aliphatic hydroxyl groups excluding tert-OH is 1. The second-order valence-electron chi connectivity index (χ2n) is 7.75. The summed E-state index contributed by atoms with van der Waals surface area (Å²) in [5.41, 5.74) is 2.03. The molecule has 6 nitrogen and oxygen atoms in total. The molecule has 0 aromatic rings. The Morgan fingerprint density at radius 1 is 1.12 bits per heavy atom. The first-order chi connectivity index (χ1) is 12.6. The molecule has 5 unspecified atom stereocenters. The highest BCUT2D eigenvalue weighted by atomic mass is 17.1. The van der Waals surface area contributed by atoms with Crippen LogP contribution in [0, 0.1) is 17.8 Å². The normalized spacial score (nSPS) is 36.6. The average molecular weight is 360 g/mol. The van der Waals surface area contributed by atoms with Crippen molar-refractivity contribution in [2.75, 3.05) is 0 Å². The molecule has 4 rings (SSSR count). The van der Waals surface area contributed by atoms with Crippen molar-refractivity contribution < 1.29 is 29.6 Å². The van der Waals surface area contributed by atoms with Gasteiger partial charge in [-0.2, -0.15) is 5.26 Å². The first kappa shape index (κ1) is 17.5. The van der Waals surface area contributed by atoms with Gasteiger partial charge in [-0.1, -0.05) is 12.8 Å². The monoisotopic (exact) mass is 360 g/mol. The van der Waals surface area contributed by atoms with Gasteiger partial charge < -0.3 is 14.7 Å². The molecule has 0 bridgehead atoms. The zero-order valence-corrected chi connectivity index (χ0v) is 14.6. The van der Waals surface area contributed by atoms with E-state index < -0.39 is 12.1 Å². The van der Waals surface area contributed by atoms with Crippen LogP contribution in [0.1, 0.15) is 44.9 Å². The summed E-state index contributed by atoms with van der Waals surface area (Å²) >= 11 is 0. The first-order valence-corrected chi connectivity index (χ1v) is 9.46. The lowest BCUT2D eigenvalue weighted by Gasteiger charge is -2.45. The van der Waals surface area contributed by atoms with Gasteiger partial charge in [-0.25, -0.2) is 4.79 Å². The fourth-order valence-corrected chi connectivity index (χ4v) is 5.12. The molecule has 0 spiro atoms. The van der Waals surface area contributed by atoms with Crippen LogP contribution < -0.4 is 0 Å². The second-order valence-corrected chi connectivity index (χ2v) is 7.75. The predicted octanol–water partition coefficient (Wildman–Crippen LogP) is 2.69. The van der Waals surface area contributed by atoms with E-state index in [1.807, 2.05) is 0 Å². The molecule has 26 heavy (non-hydrogen) atoms. The lowest BCUT2D eigenvalue weighted by atomic mass is 9.65. The SMILES string of the molecule is O=C1C=CC2=C(C3CCCCC3C(=O)OO)C3CCC(O)CC3OC2=C1. The predicted molar refractivity (Wildman–Crippen MR) is 91.6 cm³/mol. The number of hydrogen-bond acceptors (Lipinski definition) is 6. The molecule has 0 aromatic carbocycles. The number of ketones is 1. The van der Waals surface area contributed by atoms with Crippen LogP contribution in [-0.4, -0.2) is 34.3 Å². The van der Waals surface area contributed by atoms with Crippen molar-refractivity contribution in [1.82, 2.24) is 0 Å². The standard InChI is InChI=1S/C20H24O6/c21-11-5-7-15-17(9-11)25-18-10-12(22)6-8-16(18)19(15)13-3-1-2-4-14(13)20(23)26-24/h5,7,9,12-14,16,18,22,24H,1-4,6,8,10H2. The third-order valence-electron chi connectivity index (χ3n) is 6.26. The van der Waals surface area contributed by atoms with E-state index in [4.69, 9.17) is 9.99 Å². The van der Waals surface area contributed by atoms with Crippen molar-refractivity contribution in [3.63, 3.8) is 0 Å². The smallest absolute Gasteiger partial charge is 0.345 e. The minimum atomic E-state index is -0.580. The van der Waals surface area contributed by atoms with Crippen LogP contribution in [0.15, 0.2) is 35.1 Å². The number of fused-ring (bicyclic) bond motifs is 2. The molecule has 3 aliphatic carbocycles. The van der Waals surface area contributed by atoms with Gasteiger partial charge in [-0.05, 0) is 49.3 Å². The van der Waals surface area contributed by atoms with E-state index in [2.05, 4.69) is 4.89 Å². The van der Waals surface area contributed by atoms with Gasteiger partial charge in [0, 0.05) is 24.0 Å². The molecule has 2 saturated carbocycles. The van der Waals surface area contributed by atoms with Gasteiger partial charge in [0.05, 0.1) is 12.0 Å². The van der Waals surface area contributed by atoms with E-state index >= 15 is 0 Å². The fourth-order valence-electron chi connectivity index (χ4n) is 5.12. The summed E-state index contributed by atoms with van der Waals surface area (Å²) in [4.78, 5) is 28.1. The Kier molecular flexibility index (Phi) is 4.71. The number of rotatable bonds is 2. The minimum absolute atomic E-state index is 0.0358. The quantitative estimate of drug-likeness (QED) is 0.581. The lowest BCUT2D eigenvalue weighted by molar-refractivity contribution is -0.241. The van der Waals surface area contributed by atoms with Crippen molar-refractivity contribution in [1.29, 1.82) is 0 Å². The molecule has 0 amide bonds. The maximum atomic E-state index is 12.2. The Bertz CT molecular complexity index is 703. The number of carbonyl (C=O) groups excluding carboxylic acids is 2. The number of hydrogen-bond donors (Lipinski definition) is 2. The molecule has 2 N–H and O–H groups in total. The van der Waals surface area contributed by atoms with Crippen molar-refractivity contribution >= 4 is 11.8 Å². The second kappa shape index (κ2) is 7.00. The van der Waals surface area contributed by atoms with E-state index in [1.165, 1.54) is 12.2 Å². The largest absolute Gasteiger partial charge is 0.489 e. The molecule has 0 saturated heterocycles. The van der Waals surface area contributed by atoms with Gasteiger partial charge in [0.2, 0.25) is 0 Å². The van der Waals surface area contributed by atoms with Gasteiger partial charge >= 0.3 is 5.97 Å². The summed E-state index contributed by atoms with van der Waals surface area (Å²) < 4.78 is 6.08. The minimum Gasteiger partial charge on any atom is -0.489 e. The summed E-state index contributed by atoms with van der Waals surface area (Å²) in [5, 5.41) is 19.0. The Hall–Kier alpha value is -1.92. The highest BCUT2D eigenvalue weighted by Gasteiger charge is 2.46. The molecule has 1 heterocycles. The van der Waals surface area contributed by atoms with Crippen molar-refractivity contribution in [2.45, 2.75) is 57.2 Å². The van der Waals surface area contributed by atoms with Gasteiger partial charge in [0.15, 0.2) is 5.78 Å². The van der Waals surface area contributed by atoms with Crippen LogP contribution >= 0.6 is 0 Å². The van der Waals surface area contributed by atoms with Crippen molar-refractivity contribution in [3.05, 3.63) is 35.1 Å². The maximum Gasteiger partial charge on any atom is 0.345 e. The van der Waals surface area contributed by atoms with Gasteiger partial charge in [-0.3, -0.25) is 4.79 Å². The Labute approximate surface area is 152 Å². The van der Waals surface area contributed by atoms with E-state index in [9.17, 15) is 14.7 Å². The van der Waals surface area contributed by atoms with E-state index in [1.54, 1.807) is 6.08 Å². The Balaban J connectivity index is 1.79. The maximum absolute atomic E-state index is 12.2. The summed E-state index contributed by atoms with van der Waals surface area (Å²) in [6.07, 6.45) is 9.72. The molecule has 4 aliphatic rings. The van der Waals surface area contributed by atoms with E-state index in [0.29, 0.717) is 25.0 Å². The Morgan fingerprint density at radius 2 is 1.92 bits per heavy atom. The number of carbonyl (C=O) groups is 2. The van der Waals surface area contributed by atoms with E-state index in [-0.39, 0.29) is 29.6 Å². The zero-order valence-electron chi connectivity index (χ0n) is 14.6. The molecular weight excluding hydrogens is 336 g/mol. The molecule has 1 aliphatic heterocycles. The summed E-state index contributed by atoms with van der Waals surface area (Å²) in [7, 11) is 0. The van der Waals surface area contributed by atoms with Crippen LogP contribution in [0.25, 0.3) is 0 Å². The molecule has 5 atom stereocenters. The molecule has 0 radical (unpaired) electrons. The van der Waals surface area contributed by atoms with Crippen LogP contribution in [-0.2, 0) is 19.2 Å². The van der Waals surface area contributed by atoms with Crippen molar-refractivity contribution in [3.8, 4) is 0 Å². The van der Waals surface area contributed by atoms with Crippen molar-refractivity contribution in [2.24, 2.45) is 17.8 Å². The molecular formula is C20H24O6. The van der Waals surface area contributed by atoms with E-state index in [0.717, 1.165) is 36.8 Å². The molecule has 2 fully saturated rings. The molecule has 6 heteroatoms. The zero-order chi connectivity index (χ0) is 18.3. The summed E-state index contributed by atoms with van der Waals surface area (Å²) in [6, 6.07) is 0. The topological polar surface area (TPSA) is 93.1 Å². The van der Waals surface area contributed by atoms with Crippen LogP contribution in [0.2, 0.25) is 0 Å². The van der Waals surface area contributed by atoms with Gasteiger partial charge in [0.25, 0.3) is 0 Å². The Morgan fingerprint density at radius 3 is 2.73 bits per heavy atom. The van der Waals surface area contributed by atoms with Crippen LogP contribution in [0.3, 0.4) is 0 Å². The average Bonchev–Trinajstić information content (AvgIpc) is 2.65. The fraction of sp³-hybridized carbons (Fsp3) is 0.600. The summed E-state index contributed by atoms with van der Waals surface area (Å²) in [6.45, 7) is 0. The third kappa shape index (κ3) is 3.01. The number of allylic oxidation sites excluding steroid dienone is 3. The first-order valence-electron chi connectivity index (χ1n) is 9.46.